The van der Waals surface area contributed by atoms with Gasteiger partial charge < -0.3 is 24.6 Å². The van der Waals surface area contributed by atoms with Crippen LogP contribution < -0.4 is 10.1 Å². The Hall–Kier alpha value is -2.90. The van der Waals surface area contributed by atoms with Crippen LogP contribution >= 0.6 is 0 Å². The predicted molar refractivity (Wildman–Crippen MR) is 116 cm³/mol. The highest BCUT2D eigenvalue weighted by Gasteiger charge is 2.20. The van der Waals surface area contributed by atoms with Crippen molar-refractivity contribution in [3.8, 4) is 5.75 Å². The molecular weight excluding hydrogens is 382 g/mol. The van der Waals surface area contributed by atoms with Crippen LogP contribution in [0.25, 0.3) is 0 Å². The van der Waals surface area contributed by atoms with Gasteiger partial charge >= 0.3 is 0 Å². The molecule has 7 heteroatoms. The fourth-order valence-electron chi connectivity index (χ4n) is 3.19. The minimum absolute atomic E-state index is 0.00671. The lowest BCUT2D eigenvalue weighted by molar-refractivity contribution is 0.0664. The molecule has 1 saturated heterocycles. The second-order valence-electron chi connectivity index (χ2n) is 7.20. The minimum atomic E-state index is -0.236. The molecule has 7 nitrogen and oxygen atoms in total. The third-order valence-electron chi connectivity index (χ3n) is 4.97. The smallest absolute Gasteiger partial charge is 0.255 e. The van der Waals surface area contributed by atoms with Crippen molar-refractivity contribution in [3.63, 3.8) is 0 Å². The van der Waals surface area contributed by atoms with Gasteiger partial charge in [0.1, 0.15) is 12.4 Å². The Bertz CT molecular complexity index is 846. The minimum Gasteiger partial charge on any atom is -0.491 e. The van der Waals surface area contributed by atoms with E-state index in [0.717, 1.165) is 13.1 Å². The normalized spacial score (nSPS) is 14.4. The van der Waals surface area contributed by atoms with Crippen LogP contribution in [0.1, 0.15) is 27.6 Å². The molecule has 0 atom stereocenters. The van der Waals surface area contributed by atoms with Crippen LogP contribution in [0, 0.1) is 0 Å². The van der Waals surface area contributed by atoms with Crippen molar-refractivity contribution in [1.29, 1.82) is 0 Å². The maximum atomic E-state index is 12.8. The lowest BCUT2D eigenvalue weighted by Crippen LogP contribution is -2.47. The molecule has 3 rings (SSSR count). The first-order chi connectivity index (χ1) is 14.6. The van der Waals surface area contributed by atoms with Gasteiger partial charge in [0.05, 0.1) is 6.61 Å². The Kier molecular flexibility index (Phi) is 7.82. The van der Waals surface area contributed by atoms with Crippen molar-refractivity contribution in [2.24, 2.45) is 0 Å². The van der Waals surface area contributed by atoms with E-state index in [0.29, 0.717) is 55.5 Å². The summed E-state index contributed by atoms with van der Waals surface area (Å²) in [5.74, 6) is 0.443. The molecule has 0 unspecified atom stereocenters. The molecular formula is C23H29N3O4. The first kappa shape index (κ1) is 21.8. The number of nitrogens with zero attached hydrogens (tertiary/aromatic N) is 2. The lowest BCUT2D eigenvalue weighted by Gasteiger charge is -2.32. The fourth-order valence-corrected chi connectivity index (χ4v) is 3.19. The van der Waals surface area contributed by atoms with Gasteiger partial charge in [0.25, 0.3) is 11.8 Å². The molecule has 0 aromatic heterocycles. The zero-order chi connectivity index (χ0) is 21.3. The summed E-state index contributed by atoms with van der Waals surface area (Å²) in [6, 6.07) is 14.0. The summed E-state index contributed by atoms with van der Waals surface area (Å²) in [5.41, 5.74) is 1.69. The first-order valence-corrected chi connectivity index (χ1v) is 10.3. The third kappa shape index (κ3) is 6.05. The molecule has 2 aromatic rings. The number of amides is 2. The predicted octanol–water partition coefficient (Wildman–Crippen LogP) is 2.74. The summed E-state index contributed by atoms with van der Waals surface area (Å²) in [6.07, 6.45) is 0. The van der Waals surface area contributed by atoms with Crippen molar-refractivity contribution in [1.82, 2.24) is 9.80 Å². The number of hydrogen-bond acceptors (Lipinski definition) is 5. The Morgan fingerprint density at radius 2 is 1.70 bits per heavy atom. The van der Waals surface area contributed by atoms with E-state index in [1.165, 1.54) is 0 Å². The summed E-state index contributed by atoms with van der Waals surface area (Å²) in [7, 11) is 2.05. The maximum Gasteiger partial charge on any atom is 0.255 e. The highest BCUT2D eigenvalue weighted by atomic mass is 16.5. The molecule has 1 N–H and O–H groups in total. The van der Waals surface area contributed by atoms with Crippen LogP contribution in [0.3, 0.4) is 0 Å². The zero-order valence-corrected chi connectivity index (χ0v) is 17.6. The van der Waals surface area contributed by atoms with Crippen LogP contribution in [0.5, 0.6) is 5.75 Å². The van der Waals surface area contributed by atoms with E-state index in [2.05, 4.69) is 17.3 Å². The maximum absolute atomic E-state index is 12.8. The SMILES string of the molecule is CCOCCOc1ccc(C(=O)Nc2cccc(C(=O)N3CCN(C)CC3)c2)cc1. The molecule has 1 aliphatic heterocycles. The van der Waals surface area contributed by atoms with Gasteiger partial charge in [0.15, 0.2) is 0 Å². The number of anilines is 1. The number of carbonyl (C=O) groups is 2. The quantitative estimate of drug-likeness (QED) is 0.677. The zero-order valence-electron chi connectivity index (χ0n) is 17.6. The molecule has 0 bridgehead atoms. The Labute approximate surface area is 177 Å². The molecule has 0 spiro atoms. The molecule has 0 aliphatic carbocycles. The molecule has 160 valence electrons. The number of nitrogens with one attached hydrogen (secondary N) is 1. The van der Waals surface area contributed by atoms with Crippen molar-refractivity contribution in [2.45, 2.75) is 6.92 Å². The first-order valence-electron chi connectivity index (χ1n) is 10.3. The average Bonchev–Trinajstić information content (AvgIpc) is 2.77. The van der Waals surface area contributed by atoms with Crippen LogP contribution in [-0.2, 0) is 4.74 Å². The second kappa shape index (κ2) is 10.8. The van der Waals surface area contributed by atoms with Crippen LogP contribution in [0.4, 0.5) is 5.69 Å². The van der Waals surface area contributed by atoms with Crippen molar-refractivity contribution >= 4 is 17.5 Å². The van der Waals surface area contributed by atoms with Gasteiger partial charge in [-0.2, -0.15) is 0 Å². The summed E-state index contributed by atoms with van der Waals surface area (Å²) in [5, 5.41) is 2.86. The molecule has 30 heavy (non-hydrogen) atoms. The van der Waals surface area contributed by atoms with E-state index in [-0.39, 0.29) is 11.8 Å². The van der Waals surface area contributed by atoms with Gasteiger partial charge in [-0.25, -0.2) is 0 Å². The number of benzene rings is 2. The molecule has 0 radical (unpaired) electrons. The van der Waals surface area contributed by atoms with Gasteiger partial charge in [0, 0.05) is 49.6 Å². The molecule has 2 aromatic carbocycles. The van der Waals surface area contributed by atoms with Crippen LogP contribution in [-0.4, -0.2) is 74.7 Å². The highest BCUT2D eigenvalue weighted by molar-refractivity contribution is 6.05. The van der Waals surface area contributed by atoms with Crippen molar-refractivity contribution in [3.05, 3.63) is 59.7 Å². The van der Waals surface area contributed by atoms with Gasteiger partial charge in [-0.3, -0.25) is 9.59 Å². The number of ether oxygens (including phenoxy) is 2. The highest BCUT2D eigenvalue weighted by Crippen LogP contribution is 2.17. The van der Waals surface area contributed by atoms with E-state index in [1.807, 2.05) is 11.8 Å². The van der Waals surface area contributed by atoms with Crippen molar-refractivity contribution < 1.29 is 19.1 Å². The van der Waals surface area contributed by atoms with Gasteiger partial charge in [-0.05, 0) is 56.4 Å². The van der Waals surface area contributed by atoms with Gasteiger partial charge in [-0.1, -0.05) is 6.07 Å². The van der Waals surface area contributed by atoms with Crippen LogP contribution in [0.2, 0.25) is 0 Å². The summed E-state index contributed by atoms with van der Waals surface area (Å²) in [6.45, 7) is 6.75. The van der Waals surface area contributed by atoms with Crippen molar-refractivity contribution in [2.75, 3.05) is 58.4 Å². The van der Waals surface area contributed by atoms with E-state index < -0.39 is 0 Å². The number of piperazine rings is 1. The van der Waals surface area contributed by atoms with E-state index in [1.54, 1.807) is 48.5 Å². The molecule has 1 fully saturated rings. The Morgan fingerprint density at radius 1 is 0.967 bits per heavy atom. The number of carbonyl (C=O) groups excluding carboxylic acids is 2. The van der Waals surface area contributed by atoms with Crippen LogP contribution in [0.15, 0.2) is 48.5 Å². The van der Waals surface area contributed by atoms with E-state index in [4.69, 9.17) is 9.47 Å². The molecule has 0 saturated carbocycles. The Balaban J connectivity index is 1.57. The standard InChI is InChI=1S/C23H29N3O4/c1-3-29-15-16-30-21-9-7-18(8-10-21)22(27)24-20-6-4-5-19(17-20)23(28)26-13-11-25(2)12-14-26/h4-10,17H,3,11-16H2,1-2H3,(H,24,27). The van der Waals surface area contributed by atoms with E-state index in [9.17, 15) is 9.59 Å². The monoisotopic (exact) mass is 411 g/mol. The second-order valence-corrected chi connectivity index (χ2v) is 7.20. The number of hydrogen-bond donors (Lipinski definition) is 1. The number of likely N-dealkylation sites (N-methyl/N-ethyl adjacent to an activating group) is 1. The third-order valence-corrected chi connectivity index (χ3v) is 4.97. The average molecular weight is 412 g/mol. The van der Waals surface area contributed by atoms with Gasteiger partial charge in [0.2, 0.25) is 0 Å². The fraction of sp³-hybridized carbons (Fsp3) is 0.391. The van der Waals surface area contributed by atoms with E-state index >= 15 is 0 Å². The topological polar surface area (TPSA) is 71.1 Å². The summed E-state index contributed by atoms with van der Waals surface area (Å²) in [4.78, 5) is 29.4. The summed E-state index contributed by atoms with van der Waals surface area (Å²) >= 11 is 0. The Morgan fingerprint density at radius 3 is 2.40 bits per heavy atom. The molecule has 1 heterocycles. The molecule has 2 amide bonds. The number of rotatable bonds is 8. The molecule has 1 aliphatic rings. The summed E-state index contributed by atoms with van der Waals surface area (Å²) < 4.78 is 10.8. The largest absolute Gasteiger partial charge is 0.491 e. The lowest BCUT2D eigenvalue weighted by atomic mass is 10.1. The van der Waals surface area contributed by atoms with Gasteiger partial charge in [-0.15, -0.1) is 0 Å².